The summed E-state index contributed by atoms with van der Waals surface area (Å²) in [5.41, 5.74) is 1.77. The number of aryl methyl sites for hydroxylation is 1. The summed E-state index contributed by atoms with van der Waals surface area (Å²) in [4.78, 5) is 15.7. The second kappa shape index (κ2) is 5.40. The summed E-state index contributed by atoms with van der Waals surface area (Å²) in [6.45, 7) is 4.08. The number of carbonyl (C=O) groups excluding carboxylic acids is 1. The lowest BCUT2D eigenvalue weighted by Gasteiger charge is -1.97. The van der Waals surface area contributed by atoms with Crippen LogP contribution in [-0.4, -0.2) is 27.8 Å². The Bertz CT molecular complexity index is 788. The Hall–Kier alpha value is -2.63. The van der Waals surface area contributed by atoms with Gasteiger partial charge in [-0.3, -0.25) is 9.89 Å². The van der Waals surface area contributed by atoms with E-state index >= 15 is 0 Å². The minimum Gasteiger partial charge on any atom is -0.466 e. The van der Waals surface area contributed by atoms with E-state index in [-0.39, 0.29) is 12.4 Å². The molecule has 0 aliphatic rings. The molecule has 1 aromatic carbocycles. The maximum absolute atomic E-state index is 11.4. The topological polar surface area (TPSA) is 81.0 Å². The summed E-state index contributed by atoms with van der Waals surface area (Å²) < 4.78 is 10.7. The van der Waals surface area contributed by atoms with Gasteiger partial charge in [0.05, 0.1) is 6.61 Å². The van der Waals surface area contributed by atoms with E-state index in [9.17, 15) is 4.79 Å². The van der Waals surface area contributed by atoms with E-state index in [4.69, 9.17) is 9.15 Å². The summed E-state index contributed by atoms with van der Waals surface area (Å²) in [6, 6.07) is 7.76. The van der Waals surface area contributed by atoms with Crippen molar-refractivity contribution in [2.45, 2.75) is 20.3 Å². The zero-order valence-corrected chi connectivity index (χ0v) is 11.8. The van der Waals surface area contributed by atoms with Crippen molar-refractivity contribution in [2.24, 2.45) is 0 Å². The molecule has 1 N–H and O–H groups in total. The Kier molecular flexibility index (Phi) is 3.43. The Labute approximate surface area is 121 Å². The van der Waals surface area contributed by atoms with Crippen molar-refractivity contribution in [2.75, 3.05) is 6.61 Å². The number of nitrogens with one attached hydrogen (secondary N) is 1. The number of carbonyl (C=O) groups is 1. The van der Waals surface area contributed by atoms with Crippen LogP contribution in [0.5, 0.6) is 0 Å². The smallest absolute Gasteiger partial charge is 0.313 e. The first kappa shape index (κ1) is 13.4. The number of hydrogen-bond donors (Lipinski definition) is 1. The standard InChI is InChI=1S/C15H15N3O3/c1-3-20-13(19)8-12-16-15(18-17-12)14-9(2)10-6-4-5-7-11(10)21-14/h4-7H,3,8H2,1-2H3,(H,16,17,18). The lowest BCUT2D eigenvalue weighted by atomic mass is 10.1. The van der Waals surface area contributed by atoms with Crippen LogP contribution in [0.4, 0.5) is 0 Å². The number of esters is 1. The summed E-state index contributed by atoms with van der Waals surface area (Å²) in [7, 11) is 0. The summed E-state index contributed by atoms with van der Waals surface area (Å²) >= 11 is 0. The normalized spacial score (nSPS) is 11.0. The predicted octanol–water partition coefficient (Wildman–Crippen LogP) is 2.63. The van der Waals surface area contributed by atoms with Crippen LogP contribution in [0.3, 0.4) is 0 Å². The van der Waals surface area contributed by atoms with Gasteiger partial charge in [0, 0.05) is 10.9 Å². The Balaban J connectivity index is 1.91. The SMILES string of the molecule is CCOC(=O)Cc1nc(-c2oc3ccccc3c2C)n[nH]1. The molecule has 6 heteroatoms. The second-order valence-electron chi connectivity index (χ2n) is 4.64. The van der Waals surface area contributed by atoms with E-state index < -0.39 is 0 Å². The fourth-order valence-corrected chi connectivity index (χ4v) is 2.21. The number of nitrogens with zero attached hydrogens (tertiary/aromatic N) is 2. The number of aromatic nitrogens is 3. The molecule has 6 nitrogen and oxygen atoms in total. The molecule has 0 unspecified atom stereocenters. The molecule has 0 saturated heterocycles. The van der Waals surface area contributed by atoms with Crippen LogP contribution < -0.4 is 0 Å². The highest BCUT2D eigenvalue weighted by molar-refractivity contribution is 5.86. The van der Waals surface area contributed by atoms with Gasteiger partial charge in [-0.05, 0) is 19.9 Å². The fraction of sp³-hybridized carbons (Fsp3) is 0.267. The molecule has 0 fully saturated rings. The summed E-state index contributed by atoms with van der Waals surface area (Å²) in [5, 5.41) is 7.89. The molecule has 0 aliphatic heterocycles. The molecule has 3 aromatic rings. The molecule has 2 aromatic heterocycles. The number of fused-ring (bicyclic) bond motifs is 1. The largest absolute Gasteiger partial charge is 0.466 e. The minimum absolute atomic E-state index is 0.0696. The van der Waals surface area contributed by atoms with Crippen LogP contribution in [0.15, 0.2) is 28.7 Å². The van der Waals surface area contributed by atoms with Gasteiger partial charge in [0.25, 0.3) is 0 Å². The zero-order chi connectivity index (χ0) is 14.8. The van der Waals surface area contributed by atoms with Crippen molar-refractivity contribution in [3.05, 3.63) is 35.7 Å². The van der Waals surface area contributed by atoms with Crippen molar-refractivity contribution in [3.63, 3.8) is 0 Å². The molecule has 2 heterocycles. The van der Waals surface area contributed by atoms with E-state index in [0.29, 0.717) is 24.0 Å². The number of furan rings is 1. The Morgan fingerprint density at radius 2 is 2.19 bits per heavy atom. The van der Waals surface area contributed by atoms with Crippen molar-refractivity contribution >= 4 is 16.9 Å². The predicted molar refractivity (Wildman–Crippen MR) is 76.7 cm³/mol. The number of aromatic amines is 1. The highest BCUT2D eigenvalue weighted by Gasteiger charge is 2.17. The Morgan fingerprint density at radius 1 is 1.38 bits per heavy atom. The van der Waals surface area contributed by atoms with Crippen LogP contribution >= 0.6 is 0 Å². The number of hydrogen-bond acceptors (Lipinski definition) is 5. The van der Waals surface area contributed by atoms with Crippen molar-refractivity contribution in [1.82, 2.24) is 15.2 Å². The van der Waals surface area contributed by atoms with Crippen LogP contribution in [0.25, 0.3) is 22.6 Å². The molecule has 0 amide bonds. The maximum atomic E-state index is 11.4. The monoisotopic (exact) mass is 285 g/mol. The van der Waals surface area contributed by atoms with Crippen LogP contribution in [0, 0.1) is 6.92 Å². The summed E-state index contributed by atoms with van der Waals surface area (Å²) in [6.07, 6.45) is 0.0696. The van der Waals surface area contributed by atoms with E-state index in [0.717, 1.165) is 16.5 Å². The van der Waals surface area contributed by atoms with Gasteiger partial charge >= 0.3 is 5.97 Å². The lowest BCUT2D eigenvalue weighted by Crippen LogP contribution is -2.08. The second-order valence-corrected chi connectivity index (χ2v) is 4.64. The highest BCUT2D eigenvalue weighted by Crippen LogP contribution is 2.30. The molecular formula is C15H15N3O3. The molecular weight excluding hydrogens is 270 g/mol. The molecule has 0 radical (unpaired) electrons. The highest BCUT2D eigenvalue weighted by atomic mass is 16.5. The molecule has 108 valence electrons. The molecule has 0 aliphatic carbocycles. The van der Waals surface area contributed by atoms with Gasteiger partial charge in [0.15, 0.2) is 5.76 Å². The molecule has 3 rings (SSSR count). The molecule has 0 saturated carbocycles. The third-order valence-electron chi connectivity index (χ3n) is 3.20. The third-order valence-corrected chi connectivity index (χ3v) is 3.20. The molecule has 21 heavy (non-hydrogen) atoms. The first-order chi connectivity index (χ1) is 10.2. The van der Waals surface area contributed by atoms with Gasteiger partial charge in [0.2, 0.25) is 5.82 Å². The van der Waals surface area contributed by atoms with Gasteiger partial charge in [-0.2, -0.15) is 5.10 Å². The summed E-state index contributed by atoms with van der Waals surface area (Å²) in [5.74, 6) is 1.19. The molecule has 0 bridgehead atoms. The number of rotatable bonds is 4. The first-order valence-electron chi connectivity index (χ1n) is 6.74. The van der Waals surface area contributed by atoms with E-state index in [1.165, 1.54) is 0 Å². The lowest BCUT2D eigenvalue weighted by molar-refractivity contribution is -0.142. The van der Waals surface area contributed by atoms with E-state index in [2.05, 4.69) is 15.2 Å². The van der Waals surface area contributed by atoms with Crippen molar-refractivity contribution < 1.29 is 13.9 Å². The number of ether oxygens (including phenoxy) is 1. The minimum atomic E-state index is -0.332. The van der Waals surface area contributed by atoms with Gasteiger partial charge in [-0.1, -0.05) is 18.2 Å². The van der Waals surface area contributed by atoms with Crippen LogP contribution in [0.1, 0.15) is 18.3 Å². The van der Waals surface area contributed by atoms with Gasteiger partial charge in [0.1, 0.15) is 17.8 Å². The zero-order valence-electron chi connectivity index (χ0n) is 11.8. The average Bonchev–Trinajstić information content (AvgIpc) is 3.05. The number of benzene rings is 1. The number of H-pyrrole nitrogens is 1. The molecule has 0 spiro atoms. The number of para-hydroxylation sites is 1. The third kappa shape index (κ3) is 2.52. The van der Waals surface area contributed by atoms with Gasteiger partial charge in [-0.25, -0.2) is 4.98 Å². The molecule has 0 atom stereocenters. The average molecular weight is 285 g/mol. The van der Waals surface area contributed by atoms with Crippen molar-refractivity contribution in [1.29, 1.82) is 0 Å². The Morgan fingerprint density at radius 3 is 2.95 bits per heavy atom. The van der Waals surface area contributed by atoms with Crippen molar-refractivity contribution in [3.8, 4) is 11.6 Å². The van der Waals surface area contributed by atoms with Gasteiger partial charge < -0.3 is 9.15 Å². The maximum Gasteiger partial charge on any atom is 0.313 e. The van der Waals surface area contributed by atoms with E-state index in [1.54, 1.807) is 6.92 Å². The van der Waals surface area contributed by atoms with E-state index in [1.807, 2.05) is 31.2 Å². The first-order valence-corrected chi connectivity index (χ1v) is 6.74. The fourth-order valence-electron chi connectivity index (χ4n) is 2.21. The van der Waals surface area contributed by atoms with Gasteiger partial charge in [-0.15, -0.1) is 0 Å². The van der Waals surface area contributed by atoms with Crippen LogP contribution in [-0.2, 0) is 16.0 Å². The van der Waals surface area contributed by atoms with Crippen LogP contribution in [0.2, 0.25) is 0 Å². The quantitative estimate of drug-likeness (QED) is 0.745.